The number of carbonyl (C=O) groups is 1. The van der Waals surface area contributed by atoms with Crippen LogP contribution in [0.4, 0.5) is 0 Å². The van der Waals surface area contributed by atoms with Crippen molar-refractivity contribution in [2.24, 2.45) is 5.92 Å². The first kappa shape index (κ1) is 12.6. The highest BCUT2D eigenvalue weighted by Crippen LogP contribution is 2.44. The Kier molecular flexibility index (Phi) is 3.29. The Morgan fingerprint density at radius 3 is 2.68 bits per heavy atom. The third-order valence-corrected chi connectivity index (χ3v) is 4.60. The van der Waals surface area contributed by atoms with Crippen molar-refractivity contribution in [1.82, 2.24) is 15.0 Å². The van der Waals surface area contributed by atoms with Crippen LogP contribution in [0.15, 0.2) is 0 Å². The molecule has 0 aliphatic heterocycles. The van der Waals surface area contributed by atoms with Gasteiger partial charge in [0.25, 0.3) is 0 Å². The lowest BCUT2D eigenvalue weighted by atomic mass is 9.82. The summed E-state index contributed by atoms with van der Waals surface area (Å²) in [5.41, 5.74) is 1.07. The van der Waals surface area contributed by atoms with Crippen LogP contribution in [-0.4, -0.2) is 26.1 Å². The van der Waals surface area contributed by atoms with Crippen LogP contribution in [0.1, 0.15) is 80.0 Å². The fourth-order valence-electron chi connectivity index (χ4n) is 3.42. The van der Waals surface area contributed by atoms with E-state index in [1.165, 1.54) is 19.3 Å². The quantitative estimate of drug-likeness (QED) is 0.906. The van der Waals surface area contributed by atoms with Gasteiger partial charge in [-0.05, 0) is 31.6 Å². The first-order chi connectivity index (χ1) is 9.22. The fraction of sp³-hybridized carbons (Fsp3) is 0.786. The molecule has 0 saturated heterocycles. The zero-order chi connectivity index (χ0) is 13.4. The van der Waals surface area contributed by atoms with Gasteiger partial charge in [0.05, 0.1) is 11.7 Å². The molecule has 2 atom stereocenters. The normalized spacial score (nSPS) is 27.4. The van der Waals surface area contributed by atoms with Crippen molar-refractivity contribution < 1.29 is 9.90 Å². The van der Waals surface area contributed by atoms with Crippen molar-refractivity contribution in [3.8, 4) is 0 Å². The lowest BCUT2D eigenvalue weighted by Crippen LogP contribution is -2.25. The Labute approximate surface area is 113 Å². The Bertz CT molecular complexity index is 479. The number of aromatic carboxylic acids is 1. The summed E-state index contributed by atoms with van der Waals surface area (Å²) < 4.78 is 1.97. The van der Waals surface area contributed by atoms with E-state index in [0.29, 0.717) is 17.9 Å². The maximum atomic E-state index is 11.3. The van der Waals surface area contributed by atoms with E-state index in [1.54, 1.807) is 0 Å². The van der Waals surface area contributed by atoms with Crippen molar-refractivity contribution >= 4 is 5.97 Å². The van der Waals surface area contributed by atoms with E-state index in [-0.39, 0.29) is 5.69 Å². The van der Waals surface area contributed by atoms with Crippen molar-refractivity contribution in [1.29, 1.82) is 0 Å². The van der Waals surface area contributed by atoms with Crippen LogP contribution in [0.3, 0.4) is 0 Å². The summed E-state index contributed by atoms with van der Waals surface area (Å²) in [4.78, 5) is 11.3. The lowest BCUT2D eigenvalue weighted by molar-refractivity contribution is 0.0689. The average molecular weight is 263 g/mol. The van der Waals surface area contributed by atoms with Gasteiger partial charge >= 0.3 is 5.97 Å². The molecule has 2 fully saturated rings. The molecule has 3 rings (SSSR count). The standard InChI is InChI=1S/C14H21N3O2/c1-2-9-5-3-4-6-11(9)17-13(10-7-8-10)12(14(18)19)15-16-17/h9-11H,2-8H2,1H3,(H,18,19). The first-order valence-corrected chi connectivity index (χ1v) is 7.40. The monoisotopic (exact) mass is 263 g/mol. The summed E-state index contributed by atoms with van der Waals surface area (Å²) in [6.45, 7) is 2.22. The summed E-state index contributed by atoms with van der Waals surface area (Å²) in [6.07, 6.45) is 8.14. The number of carboxylic acid groups (broad SMARTS) is 1. The number of carboxylic acids is 1. The van der Waals surface area contributed by atoms with E-state index < -0.39 is 5.97 Å². The molecular formula is C14H21N3O2. The summed E-state index contributed by atoms with van der Waals surface area (Å²) >= 11 is 0. The van der Waals surface area contributed by atoms with Gasteiger partial charge in [-0.15, -0.1) is 5.10 Å². The molecular weight excluding hydrogens is 242 g/mol. The molecule has 2 aliphatic rings. The molecule has 1 aromatic rings. The summed E-state index contributed by atoms with van der Waals surface area (Å²) in [6, 6.07) is 0.356. The smallest absolute Gasteiger partial charge is 0.358 e. The molecule has 19 heavy (non-hydrogen) atoms. The predicted octanol–water partition coefficient (Wildman–Crippen LogP) is 3.00. The minimum absolute atomic E-state index is 0.183. The van der Waals surface area contributed by atoms with Crippen LogP contribution in [0, 0.1) is 5.92 Å². The molecule has 104 valence electrons. The van der Waals surface area contributed by atoms with Gasteiger partial charge in [-0.25, -0.2) is 9.48 Å². The second-order valence-corrected chi connectivity index (χ2v) is 5.87. The zero-order valence-corrected chi connectivity index (χ0v) is 11.4. The zero-order valence-electron chi connectivity index (χ0n) is 11.4. The van der Waals surface area contributed by atoms with Gasteiger partial charge < -0.3 is 5.11 Å². The van der Waals surface area contributed by atoms with Crippen LogP contribution in [0.25, 0.3) is 0 Å². The summed E-state index contributed by atoms with van der Waals surface area (Å²) in [5, 5.41) is 17.4. The molecule has 2 aliphatic carbocycles. The maximum absolute atomic E-state index is 11.3. The number of nitrogens with zero attached hydrogens (tertiary/aromatic N) is 3. The molecule has 0 aromatic carbocycles. The third kappa shape index (κ3) is 2.26. The SMILES string of the molecule is CCC1CCCCC1n1nnc(C(=O)O)c1C1CC1. The lowest BCUT2D eigenvalue weighted by Gasteiger charge is -2.31. The molecule has 0 radical (unpaired) electrons. The van der Waals surface area contributed by atoms with Crippen LogP contribution >= 0.6 is 0 Å². The molecule has 5 heteroatoms. The summed E-state index contributed by atoms with van der Waals surface area (Å²) in [5.74, 6) is 0.0622. The van der Waals surface area contributed by atoms with E-state index in [9.17, 15) is 9.90 Å². The fourth-order valence-corrected chi connectivity index (χ4v) is 3.42. The molecule has 2 unspecified atom stereocenters. The van der Waals surface area contributed by atoms with E-state index in [0.717, 1.165) is 31.4 Å². The molecule has 0 spiro atoms. The van der Waals surface area contributed by atoms with Crippen LogP contribution < -0.4 is 0 Å². The van der Waals surface area contributed by atoms with Crippen molar-refractivity contribution in [3.63, 3.8) is 0 Å². The minimum Gasteiger partial charge on any atom is -0.476 e. The molecule has 0 bridgehead atoms. The van der Waals surface area contributed by atoms with Crippen molar-refractivity contribution in [2.45, 2.75) is 63.8 Å². The van der Waals surface area contributed by atoms with Gasteiger partial charge in [-0.3, -0.25) is 0 Å². The summed E-state index contributed by atoms with van der Waals surface area (Å²) in [7, 11) is 0. The number of rotatable bonds is 4. The van der Waals surface area contributed by atoms with Gasteiger partial charge in [0, 0.05) is 5.92 Å². The van der Waals surface area contributed by atoms with Gasteiger partial charge in [0.2, 0.25) is 0 Å². The minimum atomic E-state index is -0.933. The highest BCUT2D eigenvalue weighted by molar-refractivity contribution is 5.86. The largest absolute Gasteiger partial charge is 0.476 e. The van der Waals surface area contributed by atoms with E-state index in [1.807, 2.05) is 4.68 Å². The number of hydrogen-bond donors (Lipinski definition) is 1. The van der Waals surface area contributed by atoms with E-state index in [4.69, 9.17) is 0 Å². The van der Waals surface area contributed by atoms with E-state index in [2.05, 4.69) is 17.2 Å². The molecule has 1 heterocycles. The van der Waals surface area contributed by atoms with Crippen molar-refractivity contribution in [2.75, 3.05) is 0 Å². The van der Waals surface area contributed by atoms with Gasteiger partial charge in [0.1, 0.15) is 0 Å². The molecule has 0 amide bonds. The van der Waals surface area contributed by atoms with Crippen LogP contribution in [0.5, 0.6) is 0 Å². The van der Waals surface area contributed by atoms with Crippen LogP contribution in [-0.2, 0) is 0 Å². The van der Waals surface area contributed by atoms with Crippen LogP contribution in [0.2, 0.25) is 0 Å². The highest BCUT2D eigenvalue weighted by atomic mass is 16.4. The third-order valence-electron chi connectivity index (χ3n) is 4.60. The Balaban J connectivity index is 1.97. The average Bonchev–Trinajstić information content (AvgIpc) is 3.17. The Morgan fingerprint density at radius 1 is 1.32 bits per heavy atom. The molecule has 2 saturated carbocycles. The second kappa shape index (κ2) is 4.94. The molecule has 1 aromatic heterocycles. The Hall–Kier alpha value is -1.39. The van der Waals surface area contributed by atoms with Gasteiger partial charge in [-0.2, -0.15) is 0 Å². The first-order valence-electron chi connectivity index (χ1n) is 7.40. The number of aromatic nitrogens is 3. The molecule has 5 nitrogen and oxygen atoms in total. The van der Waals surface area contributed by atoms with Gasteiger partial charge in [0.15, 0.2) is 5.69 Å². The second-order valence-electron chi connectivity index (χ2n) is 5.87. The van der Waals surface area contributed by atoms with Gasteiger partial charge in [-0.1, -0.05) is 31.4 Å². The molecule has 1 N–H and O–H groups in total. The highest BCUT2D eigenvalue weighted by Gasteiger charge is 2.37. The van der Waals surface area contributed by atoms with E-state index >= 15 is 0 Å². The number of hydrogen-bond acceptors (Lipinski definition) is 3. The topological polar surface area (TPSA) is 68.0 Å². The predicted molar refractivity (Wildman–Crippen MR) is 70.2 cm³/mol. The Morgan fingerprint density at radius 2 is 2.05 bits per heavy atom. The maximum Gasteiger partial charge on any atom is 0.358 e. The van der Waals surface area contributed by atoms with Crippen molar-refractivity contribution in [3.05, 3.63) is 11.4 Å².